The fraction of sp³-hybridized carbons (Fsp3) is 1.00. The Bertz CT molecular complexity index is 175. The molecule has 3 N–H and O–H groups in total. The molecule has 3 heteroatoms. The van der Waals surface area contributed by atoms with Gasteiger partial charge in [0.1, 0.15) is 0 Å². The van der Waals surface area contributed by atoms with Crippen LogP contribution in [0.15, 0.2) is 0 Å². The molecule has 3 unspecified atom stereocenters. The van der Waals surface area contributed by atoms with E-state index in [-0.39, 0.29) is 5.54 Å². The summed E-state index contributed by atoms with van der Waals surface area (Å²) in [6.07, 6.45) is 1.36. The average molecular weight is 200 g/mol. The molecule has 1 aliphatic carbocycles. The van der Waals surface area contributed by atoms with Crippen LogP contribution in [0.4, 0.5) is 0 Å². The maximum Gasteiger partial charge on any atom is 0.0657 e. The summed E-state index contributed by atoms with van der Waals surface area (Å²) >= 11 is 0. The van der Waals surface area contributed by atoms with Crippen molar-refractivity contribution in [3.05, 3.63) is 0 Å². The van der Waals surface area contributed by atoms with E-state index in [1.165, 1.54) is 6.42 Å². The van der Waals surface area contributed by atoms with Gasteiger partial charge in [0.25, 0.3) is 0 Å². The van der Waals surface area contributed by atoms with E-state index in [0.717, 1.165) is 25.0 Å². The van der Waals surface area contributed by atoms with Crippen LogP contribution in [0.3, 0.4) is 0 Å². The Hall–Kier alpha value is -0.120. The Balaban J connectivity index is 2.21. The van der Waals surface area contributed by atoms with Gasteiger partial charge >= 0.3 is 0 Å². The molecule has 0 bridgehead atoms. The Kier molecular flexibility index (Phi) is 4.35. The molecule has 1 aliphatic rings. The van der Waals surface area contributed by atoms with Crippen LogP contribution in [0, 0.1) is 11.8 Å². The van der Waals surface area contributed by atoms with Gasteiger partial charge in [0.15, 0.2) is 0 Å². The van der Waals surface area contributed by atoms with Crippen LogP contribution in [0.1, 0.15) is 27.2 Å². The molecular formula is C11H24N2O. The highest BCUT2D eigenvalue weighted by molar-refractivity contribution is 4.90. The Morgan fingerprint density at radius 2 is 2.21 bits per heavy atom. The van der Waals surface area contributed by atoms with E-state index >= 15 is 0 Å². The van der Waals surface area contributed by atoms with Crippen LogP contribution < -0.4 is 11.1 Å². The quantitative estimate of drug-likeness (QED) is 0.644. The lowest BCUT2D eigenvalue weighted by molar-refractivity contribution is 0.0869. The van der Waals surface area contributed by atoms with E-state index in [1.807, 2.05) is 6.92 Å². The highest BCUT2D eigenvalue weighted by Crippen LogP contribution is 2.37. The van der Waals surface area contributed by atoms with Crippen molar-refractivity contribution in [3.63, 3.8) is 0 Å². The minimum atomic E-state index is -0.0433. The Morgan fingerprint density at radius 3 is 2.64 bits per heavy atom. The maximum atomic E-state index is 5.75. The van der Waals surface area contributed by atoms with Crippen LogP contribution in [0.5, 0.6) is 0 Å². The first-order valence-corrected chi connectivity index (χ1v) is 5.64. The number of rotatable bonds is 7. The third-order valence-electron chi connectivity index (χ3n) is 3.14. The lowest BCUT2D eigenvalue weighted by Gasteiger charge is -2.29. The molecule has 14 heavy (non-hydrogen) atoms. The Labute approximate surface area is 87.4 Å². The van der Waals surface area contributed by atoms with Crippen LogP contribution in [-0.2, 0) is 4.74 Å². The van der Waals surface area contributed by atoms with Gasteiger partial charge in [0.2, 0.25) is 0 Å². The third kappa shape index (κ3) is 3.56. The average Bonchev–Trinajstić information content (AvgIpc) is 2.89. The summed E-state index contributed by atoms with van der Waals surface area (Å²) < 4.78 is 5.43. The van der Waals surface area contributed by atoms with Crippen LogP contribution in [0.25, 0.3) is 0 Å². The number of hydrogen-bond donors (Lipinski definition) is 2. The predicted octanol–water partition coefficient (Wildman–Crippen LogP) is 0.986. The highest BCUT2D eigenvalue weighted by atomic mass is 16.5. The van der Waals surface area contributed by atoms with Crippen LogP contribution in [0.2, 0.25) is 0 Å². The normalized spacial score (nSPS) is 30.0. The van der Waals surface area contributed by atoms with Crippen molar-refractivity contribution < 1.29 is 4.74 Å². The monoisotopic (exact) mass is 200 g/mol. The van der Waals surface area contributed by atoms with Crippen molar-refractivity contribution >= 4 is 0 Å². The minimum absolute atomic E-state index is 0.0433. The number of nitrogens with two attached hydrogens (primary N) is 1. The number of hydrogen-bond acceptors (Lipinski definition) is 3. The van der Waals surface area contributed by atoms with Gasteiger partial charge < -0.3 is 15.8 Å². The van der Waals surface area contributed by atoms with Gasteiger partial charge in [0.05, 0.1) is 12.1 Å². The van der Waals surface area contributed by atoms with Crippen molar-refractivity contribution in [1.29, 1.82) is 0 Å². The van der Waals surface area contributed by atoms with Crippen molar-refractivity contribution in [2.24, 2.45) is 17.6 Å². The molecule has 0 aromatic rings. The van der Waals surface area contributed by atoms with Gasteiger partial charge in [-0.25, -0.2) is 0 Å². The van der Waals surface area contributed by atoms with E-state index < -0.39 is 0 Å². The zero-order valence-corrected chi connectivity index (χ0v) is 9.68. The molecule has 0 amide bonds. The summed E-state index contributed by atoms with van der Waals surface area (Å²) in [5, 5.41) is 3.52. The number of nitrogens with one attached hydrogen (secondary N) is 1. The van der Waals surface area contributed by atoms with E-state index in [9.17, 15) is 0 Å². The molecule has 84 valence electrons. The zero-order valence-electron chi connectivity index (χ0n) is 9.68. The first-order valence-electron chi connectivity index (χ1n) is 5.64. The third-order valence-corrected chi connectivity index (χ3v) is 3.14. The molecule has 0 heterocycles. The van der Waals surface area contributed by atoms with Gasteiger partial charge in [0, 0.05) is 13.2 Å². The fourth-order valence-electron chi connectivity index (χ4n) is 1.57. The second-order valence-electron chi connectivity index (χ2n) is 4.76. The van der Waals surface area contributed by atoms with Gasteiger partial charge in [-0.1, -0.05) is 6.92 Å². The summed E-state index contributed by atoms with van der Waals surface area (Å²) in [5.74, 6) is 1.76. The molecule has 0 radical (unpaired) electrons. The highest BCUT2D eigenvalue weighted by Gasteiger charge is 2.34. The molecule has 0 spiro atoms. The van der Waals surface area contributed by atoms with E-state index in [0.29, 0.717) is 13.2 Å². The summed E-state index contributed by atoms with van der Waals surface area (Å²) in [6, 6.07) is 0. The molecule has 3 nitrogen and oxygen atoms in total. The molecule has 1 fully saturated rings. The van der Waals surface area contributed by atoms with Crippen molar-refractivity contribution in [3.8, 4) is 0 Å². The predicted molar refractivity (Wildman–Crippen MR) is 59.2 cm³/mol. The Morgan fingerprint density at radius 1 is 1.57 bits per heavy atom. The molecular weight excluding hydrogens is 176 g/mol. The lowest BCUT2D eigenvalue weighted by atomic mass is 10.0. The van der Waals surface area contributed by atoms with Crippen molar-refractivity contribution in [1.82, 2.24) is 5.32 Å². The molecule has 0 saturated heterocycles. The van der Waals surface area contributed by atoms with Gasteiger partial charge in [-0.05, 0) is 38.6 Å². The molecule has 0 aliphatic heterocycles. The van der Waals surface area contributed by atoms with E-state index in [4.69, 9.17) is 10.5 Å². The minimum Gasteiger partial charge on any atom is -0.380 e. The van der Waals surface area contributed by atoms with Crippen molar-refractivity contribution in [2.75, 3.05) is 26.3 Å². The lowest BCUT2D eigenvalue weighted by Crippen LogP contribution is -2.53. The largest absolute Gasteiger partial charge is 0.380 e. The molecule has 0 aromatic carbocycles. The summed E-state index contributed by atoms with van der Waals surface area (Å²) in [6.45, 7) is 9.64. The van der Waals surface area contributed by atoms with E-state index in [1.54, 1.807) is 0 Å². The second-order valence-corrected chi connectivity index (χ2v) is 4.76. The molecule has 1 saturated carbocycles. The topological polar surface area (TPSA) is 47.3 Å². The van der Waals surface area contributed by atoms with E-state index in [2.05, 4.69) is 19.2 Å². The first-order chi connectivity index (χ1) is 6.61. The molecule has 3 atom stereocenters. The van der Waals surface area contributed by atoms with Gasteiger partial charge in [-0.3, -0.25) is 0 Å². The fourth-order valence-corrected chi connectivity index (χ4v) is 1.57. The van der Waals surface area contributed by atoms with Crippen molar-refractivity contribution in [2.45, 2.75) is 32.7 Å². The SMILES string of the molecule is CCOCC(C)(CN)NCC1CC1C. The smallest absolute Gasteiger partial charge is 0.0657 e. The first kappa shape index (κ1) is 12.0. The zero-order chi connectivity index (χ0) is 10.6. The number of ether oxygens (including phenoxy) is 1. The maximum absolute atomic E-state index is 5.75. The summed E-state index contributed by atoms with van der Waals surface area (Å²) in [4.78, 5) is 0. The molecule has 0 aromatic heterocycles. The van der Waals surface area contributed by atoms with Gasteiger partial charge in [-0.2, -0.15) is 0 Å². The standard InChI is InChI=1S/C11H24N2O/c1-4-14-8-11(3,7-12)13-6-10-5-9(10)2/h9-10,13H,4-8,12H2,1-3H3. The van der Waals surface area contributed by atoms with Gasteiger partial charge in [-0.15, -0.1) is 0 Å². The summed E-state index contributed by atoms with van der Waals surface area (Å²) in [7, 11) is 0. The van der Waals surface area contributed by atoms with Crippen LogP contribution in [-0.4, -0.2) is 31.8 Å². The summed E-state index contributed by atoms with van der Waals surface area (Å²) in [5.41, 5.74) is 5.70. The van der Waals surface area contributed by atoms with Crippen LogP contribution >= 0.6 is 0 Å². The second kappa shape index (κ2) is 5.10. The molecule has 1 rings (SSSR count).